The fourth-order valence-corrected chi connectivity index (χ4v) is 3.96. The molecule has 4 heterocycles. The largest absolute Gasteiger partial charge is 0.476 e. The first-order valence-electron chi connectivity index (χ1n) is 10.0. The van der Waals surface area contributed by atoms with Crippen LogP contribution in [0, 0.1) is 0 Å². The van der Waals surface area contributed by atoms with Gasteiger partial charge in [-0.3, -0.25) is 14.6 Å². The van der Waals surface area contributed by atoms with Gasteiger partial charge in [0.15, 0.2) is 5.69 Å². The van der Waals surface area contributed by atoms with Gasteiger partial charge >= 0.3 is 0 Å². The second kappa shape index (κ2) is 7.34. The van der Waals surface area contributed by atoms with Crippen LogP contribution in [-0.2, 0) is 6.54 Å². The van der Waals surface area contributed by atoms with Crippen molar-refractivity contribution in [1.29, 1.82) is 0 Å². The summed E-state index contributed by atoms with van der Waals surface area (Å²) in [4.78, 5) is 35.6. The zero-order chi connectivity index (χ0) is 19.8. The predicted molar refractivity (Wildman–Crippen MR) is 103 cm³/mol. The summed E-state index contributed by atoms with van der Waals surface area (Å²) >= 11 is 0. The molecule has 0 aromatic carbocycles. The van der Waals surface area contributed by atoms with Crippen molar-refractivity contribution in [3.05, 3.63) is 29.8 Å². The first-order valence-corrected chi connectivity index (χ1v) is 10.0. The highest BCUT2D eigenvalue weighted by Crippen LogP contribution is 2.23. The summed E-state index contributed by atoms with van der Waals surface area (Å²) in [6, 6.07) is 1.69. The number of hydrogen-bond donors (Lipinski definition) is 2. The highest BCUT2D eigenvalue weighted by Gasteiger charge is 2.33. The average Bonchev–Trinajstić information content (AvgIpc) is 3.43. The average molecular weight is 397 g/mol. The number of amides is 2. The van der Waals surface area contributed by atoms with Gasteiger partial charge in [-0.2, -0.15) is 5.10 Å². The van der Waals surface area contributed by atoms with Crippen LogP contribution < -0.4 is 20.3 Å². The van der Waals surface area contributed by atoms with Crippen LogP contribution in [0.1, 0.15) is 46.7 Å². The monoisotopic (exact) mass is 397 g/mol. The van der Waals surface area contributed by atoms with E-state index in [1.165, 1.54) is 6.20 Å². The second-order valence-corrected chi connectivity index (χ2v) is 7.71. The lowest BCUT2D eigenvalue weighted by Gasteiger charge is -2.36. The molecule has 2 amide bonds. The smallest absolute Gasteiger partial charge is 0.272 e. The maximum absolute atomic E-state index is 12.5. The van der Waals surface area contributed by atoms with Crippen LogP contribution in [0.15, 0.2) is 18.5 Å². The quantitative estimate of drug-likeness (QED) is 0.748. The highest BCUT2D eigenvalue weighted by atomic mass is 16.5. The molecule has 10 nitrogen and oxygen atoms in total. The molecule has 0 spiro atoms. The first-order chi connectivity index (χ1) is 14.2. The maximum atomic E-state index is 12.5. The van der Waals surface area contributed by atoms with E-state index in [1.807, 2.05) is 0 Å². The Morgan fingerprint density at radius 1 is 1.00 bits per heavy atom. The Hall–Kier alpha value is -3.17. The number of nitrogens with one attached hydrogen (secondary N) is 2. The normalized spacial score (nSPS) is 22.6. The molecule has 0 unspecified atom stereocenters. The van der Waals surface area contributed by atoms with Crippen LogP contribution in [0.2, 0.25) is 0 Å². The summed E-state index contributed by atoms with van der Waals surface area (Å²) < 4.78 is 7.07. The van der Waals surface area contributed by atoms with Gasteiger partial charge in [0, 0.05) is 31.2 Å². The molecule has 1 saturated heterocycles. The molecular weight excluding hydrogens is 374 g/mol. The van der Waals surface area contributed by atoms with E-state index < -0.39 is 0 Å². The molecule has 2 N–H and O–H groups in total. The van der Waals surface area contributed by atoms with Gasteiger partial charge in [0.2, 0.25) is 5.88 Å². The summed E-state index contributed by atoms with van der Waals surface area (Å²) in [5, 5.41) is 10.2. The third-order valence-electron chi connectivity index (χ3n) is 5.62. The van der Waals surface area contributed by atoms with Crippen molar-refractivity contribution in [3.63, 3.8) is 0 Å². The minimum Gasteiger partial charge on any atom is -0.476 e. The number of fused-ring (bicyclic) bond motifs is 1. The number of ether oxygens (including phenoxy) is 1. The molecule has 0 radical (unpaired) electrons. The van der Waals surface area contributed by atoms with Gasteiger partial charge in [0.05, 0.1) is 18.9 Å². The van der Waals surface area contributed by atoms with Gasteiger partial charge in [-0.05, 0) is 25.7 Å². The Labute approximate surface area is 167 Å². The van der Waals surface area contributed by atoms with Gasteiger partial charge in [-0.1, -0.05) is 0 Å². The zero-order valence-corrected chi connectivity index (χ0v) is 16.0. The molecule has 152 valence electrons. The van der Waals surface area contributed by atoms with Crippen LogP contribution in [0.25, 0.3) is 0 Å². The standard InChI is InChI=1S/C19H23N7O3/c27-18(14-9-17-26(24-14)5-6-29-17)21-12-7-13(8-12)22-19(28)15-10-20-11-16(23-15)25-3-1-2-4-25/h9-13H,1-8H2,(H,21,27)(H,22,28). The van der Waals surface area contributed by atoms with E-state index >= 15 is 0 Å². The molecule has 10 heteroatoms. The van der Waals surface area contributed by atoms with Crippen LogP contribution in [0.3, 0.4) is 0 Å². The van der Waals surface area contributed by atoms with E-state index in [9.17, 15) is 9.59 Å². The lowest BCUT2D eigenvalue weighted by molar-refractivity contribution is 0.0856. The second-order valence-electron chi connectivity index (χ2n) is 7.71. The Kier molecular flexibility index (Phi) is 4.53. The molecule has 2 aromatic rings. The number of carbonyl (C=O) groups is 2. The van der Waals surface area contributed by atoms with E-state index in [0.29, 0.717) is 43.3 Å². The molecular formula is C19H23N7O3. The minimum atomic E-state index is -0.226. The molecule has 2 fully saturated rings. The first kappa shape index (κ1) is 17.9. The number of carbonyl (C=O) groups excluding carboxylic acids is 2. The molecule has 1 saturated carbocycles. The molecule has 3 aliphatic rings. The predicted octanol–water partition coefficient (Wildman–Crippen LogP) is 0.357. The summed E-state index contributed by atoms with van der Waals surface area (Å²) in [5.74, 6) is 0.946. The summed E-state index contributed by atoms with van der Waals surface area (Å²) in [7, 11) is 0. The summed E-state index contributed by atoms with van der Waals surface area (Å²) in [6.07, 6.45) is 6.84. The van der Waals surface area contributed by atoms with E-state index in [-0.39, 0.29) is 23.9 Å². The van der Waals surface area contributed by atoms with E-state index in [4.69, 9.17) is 4.74 Å². The Morgan fingerprint density at radius 3 is 2.45 bits per heavy atom. The van der Waals surface area contributed by atoms with E-state index in [1.54, 1.807) is 16.9 Å². The van der Waals surface area contributed by atoms with Crippen molar-refractivity contribution in [2.45, 2.75) is 44.3 Å². The van der Waals surface area contributed by atoms with Crippen molar-refractivity contribution < 1.29 is 14.3 Å². The Bertz CT molecular complexity index is 910. The SMILES string of the molecule is O=C(NC1CC(NC(=O)c2cc3n(n2)CCO3)C1)c1cncc(N2CCCC2)n1. The van der Waals surface area contributed by atoms with Crippen molar-refractivity contribution in [2.24, 2.45) is 0 Å². The Balaban J connectivity index is 1.11. The van der Waals surface area contributed by atoms with Crippen molar-refractivity contribution in [3.8, 4) is 5.88 Å². The van der Waals surface area contributed by atoms with Gasteiger partial charge in [0.1, 0.15) is 18.1 Å². The van der Waals surface area contributed by atoms with Gasteiger partial charge < -0.3 is 20.3 Å². The Morgan fingerprint density at radius 2 is 1.72 bits per heavy atom. The maximum Gasteiger partial charge on any atom is 0.272 e. The van der Waals surface area contributed by atoms with E-state index in [2.05, 4.69) is 30.6 Å². The number of anilines is 1. The fourth-order valence-electron chi connectivity index (χ4n) is 3.96. The molecule has 0 bridgehead atoms. The number of nitrogens with zero attached hydrogens (tertiary/aromatic N) is 5. The third kappa shape index (κ3) is 3.62. The topological polar surface area (TPSA) is 114 Å². The highest BCUT2D eigenvalue weighted by molar-refractivity contribution is 5.93. The van der Waals surface area contributed by atoms with Crippen LogP contribution >= 0.6 is 0 Å². The van der Waals surface area contributed by atoms with Crippen LogP contribution in [-0.4, -0.2) is 63.3 Å². The third-order valence-corrected chi connectivity index (χ3v) is 5.62. The van der Waals surface area contributed by atoms with Gasteiger partial charge in [-0.25, -0.2) is 9.67 Å². The molecule has 2 aromatic heterocycles. The zero-order valence-electron chi connectivity index (χ0n) is 16.0. The van der Waals surface area contributed by atoms with E-state index in [0.717, 1.165) is 31.7 Å². The summed E-state index contributed by atoms with van der Waals surface area (Å²) in [6.45, 7) is 3.17. The number of hydrogen-bond acceptors (Lipinski definition) is 7. The molecule has 5 rings (SSSR count). The van der Waals surface area contributed by atoms with Gasteiger partial charge in [0.25, 0.3) is 11.8 Å². The van der Waals surface area contributed by atoms with Crippen molar-refractivity contribution in [2.75, 3.05) is 24.6 Å². The molecule has 0 atom stereocenters. The number of aromatic nitrogens is 4. The van der Waals surface area contributed by atoms with Crippen LogP contribution in [0.4, 0.5) is 5.82 Å². The molecule has 2 aliphatic heterocycles. The molecule has 1 aliphatic carbocycles. The minimum absolute atomic E-state index is 0.0142. The fraction of sp³-hybridized carbons (Fsp3) is 0.526. The van der Waals surface area contributed by atoms with Crippen molar-refractivity contribution >= 4 is 17.6 Å². The lowest BCUT2D eigenvalue weighted by Crippen LogP contribution is -2.53. The van der Waals surface area contributed by atoms with Gasteiger partial charge in [-0.15, -0.1) is 0 Å². The summed E-state index contributed by atoms with van der Waals surface area (Å²) in [5.41, 5.74) is 0.690. The number of rotatable bonds is 5. The van der Waals surface area contributed by atoms with Crippen molar-refractivity contribution in [1.82, 2.24) is 30.4 Å². The van der Waals surface area contributed by atoms with Crippen LogP contribution in [0.5, 0.6) is 5.88 Å². The molecule has 29 heavy (non-hydrogen) atoms. The lowest BCUT2D eigenvalue weighted by atomic mass is 9.86.